The van der Waals surface area contributed by atoms with Gasteiger partial charge in [-0.2, -0.15) is 0 Å². The first-order chi connectivity index (χ1) is 9.40. The Labute approximate surface area is 130 Å². The van der Waals surface area contributed by atoms with Gasteiger partial charge in [-0.1, -0.05) is 0 Å². The van der Waals surface area contributed by atoms with Crippen molar-refractivity contribution in [3.63, 3.8) is 0 Å². The number of ether oxygens (including phenoxy) is 2. The molecule has 0 saturated carbocycles. The summed E-state index contributed by atoms with van der Waals surface area (Å²) in [6, 6.07) is 4.94. The lowest BCUT2D eigenvalue weighted by atomic mass is 9.93. The molecule has 7 heteroatoms. The lowest BCUT2D eigenvalue weighted by Crippen LogP contribution is -2.46. The molecule has 0 fully saturated rings. The van der Waals surface area contributed by atoms with Gasteiger partial charge in [-0.15, -0.1) is 0 Å². The number of hydrogen-bond donors (Lipinski definition) is 2. The molecule has 0 aliphatic carbocycles. The Kier molecular flexibility index (Phi) is 6.47. The van der Waals surface area contributed by atoms with Crippen molar-refractivity contribution >= 4 is 28.6 Å². The highest BCUT2D eigenvalue weighted by Crippen LogP contribution is 2.28. The van der Waals surface area contributed by atoms with E-state index in [0.29, 0.717) is 21.7 Å². The van der Waals surface area contributed by atoms with Gasteiger partial charge in [0, 0.05) is 12.0 Å². The number of carboxylic acid groups (broad SMARTS) is 1. The molecule has 0 spiro atoms. The Morgan fingerprint density at radius 1 is 1.50 bits per heavy atom. The molecule has 0 saturated heterocycles. The fraction of sp³-hybridized carbons (Fsp3) is 0.462. The lowest BCUT2D eigenvalue weighted by Gasteiger charge is -2.21. The fourth-order valence-corrected chi connectivity index (χ4v) is 1.95. The average Bonchev–Trinajstić information content (AvgIpc) is 2.38. The van der Waals surface area contributed by atoms with Crippen LogP contribution < -0.4 is 15.2 Å². The first-order valence-electron chi connectivity index (χ1n) is 5.93. The Morgan fingerprint density at radius 2 is 2.20 bits per heavy atom. The molecule has 1 unspecified atom stereocenters. The van der Waals surface area contributed by atoms with Crippen molar-refractivity contribution in [2.45, 2.75) is 18.9 Å². The van der Waals surface area contributed by atoms with Crippen molar-refractivity contribution in [1.29, 1.82) is 0 Å². The smallest absolute Gasteiger partial charge is 0.323 e. The molecule has 5 nitrogen and oxygen atoms in total. The first kappa shape index (κ1) is 17.0. The van der Waals surface area contributed by atoms with Crippen LogP contribution in [-0.4, -0.2) is 34.5 Å². The number of rotatable bonds is 8. The molecule has 1 rings (SSSR count). The van der Waals surface area contributed by atoms with Crippen LogP contribution in [0, 0.1) is 0 Å². The highest BCUT2D eigenvalue weighted by atomic mass is 127. The Balaban J connectivity index is 3.02. The van der Waals surface area contributed by atoms with Gasteiger partial charge in [0.05, 0.1) is 0 Å². The minimum absolute atomic E-state index is 0.0508. The van der Waals surface area contributed by atoms with E-state index in [1.54, 1.807) is 18.2 Å². The molecule has 20 heavy (non-hydrogen) atoms. The SMILES string of the molecule is CC(N)(Cc1cc(OCCF)ccc1OCI)C(=O)O. The summed E-state index contributed by atoms with van der Waals surface area (Å²) < 4.78 is 23.1. The molecular weight excluding hydrogens is 380 g/mol. The van der Waals surface area contributed by atoms with E-state index >= 15 is 0 Å². The molecule has 0 radical (unpaired) electrons. The average molecular weight is 397 g/mol. The van der Waals surface area contributed by atoms with E-state index in [1.165, 1.54) is 6.92 Å². The van der Waals surface area contributed by atoms with Gasteiger partial charge >= 0.3 is 5.97 Å². The molecule has 0 amide bonds. The van der Waals surface area contributed by atoms with E-state index < -0.39 is 18.2 Å². The molecule has 0 aromatic heterocycles. The molecule has 0 heterocycles. The number of nitrogens with two attached hydrogens (primary N) is 1. The number of benzene rings is 1. The van der Waals surface area contributed by atoms with E-state index in [-0.39, 0.29) is 13.0 Å². The maximum atomic E-state index is 12.1. The third kappa shape index (κ3) is 4.78. The van der Waals surface area contributed by atoms with Crippen LogP contribution >= 0.6 is 22.6 Å². The van der Waals surface area contributed by atoms with Crippen LogP contribution in [-0.2, 0) is 11.2 Å². The van der Waals surface area contributed by atoms with E-state index in [1.807, 2.05) is 22.6 Å². The number of carboxylic acids is 1. The van der Waals surface area contributed by atoms with E-state index in [0.717, 1.165) is 0 Å². The largest absolute Gasteiger partial charge is 0.491 e. The van der Waals surface area contributed by atoms with Crippen molar-refractivity contribution < 1.29 is 23.8 Å². The van der Waals surface area contributed by atoms with Crippen LogP contribution in [0.5, 0.6) is 11.5 Å². The monoisotopic (exact) mass is 397 g/mol. The molecule has 3 N–H and O–H groups in total. The normalized spacial score (nSPS) is 13.6. The van der Waals surface area contributed by atoms with Crippen LogP contribution in [0.15, 0.2) is 18.2 Å². The lowest BCUT2D eigenvalue weighted by molar-refractivity contribution is -0.142. The van der Waals surface area contributed by atoms with Gasteiger partial charge in [-0.25, -0.2) is 4.39 Å². The number of carbonyl (C=O) groups is 1. The van der Waals surface area contributed by atoms with E-state index in [9.17, 15) is 9.18 Å². The summed E-state index contributed by atoms with van der Waals surface area (Å²) in [5.74, 6) is -0.0995. The van der Waals surface area contributed by atoms with Gasteiger partial charge < -0.3 is 20.3 Å². The minimum Gasteiger partial charge on any atom is -0.491 e. The van der Waals surface area contributed by atoms with Gasteiger partial charge in [0.1, 0.15) is 34.9 Å². The van der Waals surface area contributed by atoms with Crippen molar-refractivity contribution in [2.24, 2.45) is 5.73 Å². The molecule has 1 aromatic rings. The highest BCUT2D eigenvalue weighted by molar-refractivity contribution is 14.1. The number of alkyl halides is 2. The van der Waals surface area contributed by atoms with Crippen molar-refractivity contribution in [3.05, 3.63) is 23.8 Å². The van der Waals surface area contributed by atoms with E-state index in [4.69, 9.17) is 20.3 Å². The Bertz CT molecular complexity index is 468. The number of hydrogen-bond acceptors (Lipinski definition) is 4. The highest BCUT2D eigenvalue weighted by Gasteiger charge is 2.29. The molecule has 112 valence electrons. The standard InChI is InChI=1S/C13H17FINO4/c1-13(16,12(17)18)7-9-6-10(19-5-4-14)2-3-11(9)20-8-15/h2-3,6H,4-5,7-8,16H2,1H3,(H,17,18). The van der Waals surface area contributed by atoms with Crippen molar-refractivity contribution in [3.8, 4) is 11.5 Å². The number of aliphatic carboxylic acids is 1. The zero-order valence-corrected chi connectivity index (χ0v) is 13.2. The zero-order chi connectivity index (χ0) is 15.2. The molecule has 0 aliphatic rings. The Hall–Kier alpha value is -1.09. The van der Waals surface area contributed by atoms with Crippen molar-refractivity contribution in [1.82, 2.24) is 0 Å². The second-order valence-corrected chi connectivity index (χ2v) is 5.08. The molecule has 1 atom stereocenters. The third-order valence-electron chi connectivity index (χ3n) is 2.63. The van der Waals surface area contributed by atoms with Gasteiger partial charge in [0.2, 0.25) is 0 Å². The maximum Gasteiger partial charge on any atom is 0.323 e. The zero-order valence-electron chi connectivity index (χ0n) is 11.1. The maximum absolute atomic E-state index is 12.1. The Morgan fingerprint density at radius 3 is 2.75 bits per heavy atom. The van der Waals surface area contributed by atoms with Gasteiger partial charge in [-0.3, -0.25) is 4.79 Å². The topological polar surface area (TPSA) is 81.8 Å². The third-order valence-corrected chi connectivity index (χ3v) is 2.95. The van der Waals surface area contributed by atoms with Crippen LogP contribution in [0.25, 0.3) is 0 Å². The van der Waals surface area contributed by atoms with Gasteiger partial charge in [0.25, 0.3) is 0 Å². The van der Waals surface area contributed by atoms with Gasteiger partial charge in [-0.05, 0) is 47.7 Å². The second-order valence-electron chi connectivity index (χ2n) is 4.46. The summed E-state index contributed by atoms with van der Waals surface area (Å²) >= 11 is 2.04. The summed E-state index contributed by atoms with van der Waals surface area (Å²) in [6.07, 6.45) is 0.0845. The van der Waals surface area contributed by atoms with Crippen LogP contribution in [0.4, 0.5) is 4.39 Å². The predicted molar refractivity (Wildman–Crippen MR) is 81.4 cm³/mol. The molecule has 0 aliphatic heterocycles. The van der Waals surface area contributed by atoms with Crippen LogP contribution in [0.3, 0.4) is 0 Å². The molecule has 1 aromatic carbocycles. The van der Waals surface area contributed by atoms with E-state index in [2.05, 4.69) is 0 Å². The van der Waals surface area contributed by atoms with Crippen LogP contribution in [0.1, 0.15) is 12.5 Å². The summed E-state index contributed by atoms with van der Waals surface area (Å²) in [7, 11) is 0. The van der Waals surface area contributed by atoms with Crippen molar-refractivity contribution in [2.75, 3.05) is 17.9 Å². The van der Waals surface area contributed by atoms with Gasteiger partial charge in [0.15, 0.2) is 0 Å². The second kappa shape index (κ2) is 7.63. The molecular formula is C13H17FINO4. The fourth-order valence-electron chi connectivity index (χ4n) is 1.61. The predicted octanol–water partition coefficient (Wildman–Crippen LogP) is 2.15. The summed E-state index contributed by atoms with van der Waals surface area (Å²) in [5.41, 5.74) is 4.95. The molecule has 0 bridgehead atoms. The van der Waals surface area contributed by atoms with Crippen LogP contribution in [0.2, 0.25) is 0 Å². The summed E-state index contributed by atoms with van der Waals surface area (Å²) in [5, 5.41) is 9.09. The quantitative estimate of drug-likeness (QED) is 0.519. The minimum atomic E-state index is -1.41. The summed E-state index contributed by atoms with van der Waals surface area (Å²) in [4.78, 5) is 11.1. The first-order valence-corrected chi connectivity index (χ1v) is 7.46. The summed E-state index contributed by atoms with van der Waals surface area (Å²) in [6.45, 7) is 0.786. The number of halogens is 2.